The predicted molar refractivity (Wildman–Crippen MR) is 87.9 cm³/mol. The fraction of sp³-hybridized carbons (Fsp3) is 0.412. The fourth-order valence-corrected chi connectivity index (χ4v) is 4.36. The van der Waals surface area contributed by atoms with Crippen LogP contribution in [0.15, 0.2) is 24.4 Å². The minimum Gasteiger partial charge on any atom is -0.347 e. The summed E-state index contributed by atoms with van der Waals surface area (Å²) in [6.45, 7) is 3.14. The van der Waals surface area contributed by atoms with Crippen molar-refractivity contribution >= 4 is 17.2 Å². The number of amides is 1. The van der Waals surface area contributed by atoms with Crippen molar-refractivity contribution < 1.29 is 13.6 Å². The summed E-state index contributed by atoms with van der Waals surface area (Å²) in [5, 5.41) is 3.53. The Hall–Kier alpha value is -1.86. The quantitative estimate of drug-likeness (QED) is 0.927. The number of carbonyl (C=O) groups is 1. The Balaban J connectivity index is 1.49. The molecule has 3 saturated heterocycles. The van der Waals surface area contributed by atoms with E-state index in [0.717, 1.165) is 49.9 Å². The van der Waals surface area contributed by atoms with E-state index in [1.165, 1.54) is 18.3 Å². The van der Waals surface area contributed by atoms with Crippen molar-refractivity contribution in [2.75, 3.05) is 19.6 Å². The molecule has 3 aliphatic rings. The van der Waals surface area contributed by atoms with E-state index in [1.54, 1.807) is 0 Å². The molecule has 2 bridgehead atoms. The highest BCUT2D eigenvalue weighted by Crippen LogP contribution is 2.29. The minimum absolute atomic E-state index is 0.158. The maximum Gasteiger partial charge on any atom is 0.263 e. The molecule has 1 atom stereocenters. The van der Waals surface area contributed by atoms with Crippen molar-refractivity contribution in [3.63, 3.8) is 0 Å². The fourth-order valence-electron chi connectivity index (χ4n) is 3.56. The SMILES string of the molecule is O=C(NC1CN2CCC1CC2)c1cnc(-c2cc(F)cc(F)c2)s1. The third-order valence-corrected chi connectivity index (χ3v) is 5.86. The van der Waals surface area contributed by atoms with Crippen LogP contribution in [-0.2, 0) is 0 Å². The Morgan fingerprint density at radius 1 is 1.21 bits per heavy atom. The van der Waals surface area contributed by atoms with Crippen molar-refractivity contribution in [1.82, 2.24) is 15.2 Å². The number of rotatable bonds is 3. The largest absolute Gasteiger partial charge is 0.347 e. The lowest BCUT2D eigenvalue weighted by molar-refractivity contribution is 0.0622. The number of piperidine rings is 3. The maximum absolute atomic E-state index is 13.3. The summed E-state index contributed by atoms with van der Waals surface area (Å²) in [7, 11) is 0. The second-order valence-electron chi connectivity index (χ2n) is 6.41. The van der Waals surface area contributed by atoms with Gasteiger partial charge in [-0.25, -0.2) is 13.8 Å². The number of halogens is 2. The van der Waals surface area contributed by atoms with Crippen molar-refractivity contribution in [2.24, 2.45) is 5.92 Å². The molecule has 1 unspecified atom stereocenters. The van der Waals surface area contributed by atoms with Gasteiger partial charge in [-0.3, -0.25) is 4.79 Å². The number of nitrogens with one attached hydrogen (secondary N) is 1. The molecule has 4 heterocycles. The molecule has 3 aliphatic heterocycles. The Bertz CT molecular complexity index is 751. The number of benzene rings is 1. The molecule has 2 aromatic rings. The zero-order valence-corrected chi connectivity index (χ0v) is 13.8. The van der Waals surface area contributed by atoms with Crippen LogP contribution in [0, 0.1) is 17.6 Å². The molecule has 0 saturated carbocycles. The Labute approximate surface area is 142 Å². The average molecular weight is 349 g/mol. The molecule has 1 aromatic heterocycles. The van der Waals surface area contributed by atoms with E-state index in [1.807, 2.05) is 0 Å². The van der Waals surface area contributed by atoms with E-state index in [0.29, 0.717) is 21.4 Å². The topological polar surface area (TPSA) is 45.2 Å². The first-order chi connectivity index (χ1) is 11.6. The van der Waals surface area contributed by atoms with E-state index in [4.69, 9.17) is 0 Å². The number of fused-ring (bicyclic) bond motifs is 3. The number of thiazole rings is 1. The van der Waals surface area contributed by atoms with Gasteiger partial charge in [0, 0.05) is 24.2 Å². The summed E-state index contributed by atoms with van der Waals surface area (Å²) in [5.41, 5.74) is 0.347. The molecule has 0 radical (unpaired) electrons. The molecule has 5 rings (SSSR count). The highest BCUT2D eigenvalue weighted by Gasteiger charge is 2.35. The molecule has 7 heteroatoms. The maximum atomic E-state index is 13.3. The van der Waals surface area contributed by atoms with E-state index < -0.39 is 11.6 Å². The van der Waals surface area contributed by atoms with Crippen LogP contribution in [0.3, 0.4) is 0 Å². The molecule has 4 nitrogen and oxygen atoms in total. The summed E-state index contributed by atoms with van der Waals surface area (Å²) in [5.74, 6) is -0.921. The van der Waals surface area contributed by atoms with Crippen molar-refractivity contribution in [3.05, 3.63) is 40.9 Å². The van der Waals surface area contributed by atoms with Crippen molar-refractivity contribution in [3.8, 4) is 10.6 Å². The molecule has 0 spiro atoms. The third kappa shape index (κ3) is 3.06. The van der Waals surface area contributed by atoms with Gasteiger partial charge >= 0.3 is 0 Å². The van der Waals surface area contributed by atoms with Crippen LogP contribution in [0.2, 0.25) is 0 Å². The van der Waals surface area contributed by atoms with Crippen LogP contribution in [0.25, 0.3) is 10.6 Å². The molecule has 24 heavy (non-hydrogen) atoms. The first-order valence-electron chi connectivity index (χ1n) is 8.04. The molecule has 0 aliphatic carbocycles. The van der Waals surface area contributed by atoms with Gasteiger partial charge in [-0.05, 0) is 44.0 Å². The van der Waals surface area contributed by atoms with Gasteiger partial charge in [-0.2, -0.15) is 0 Å². The second-order valence-corrected chi connectivity index (χ2v) is 7.44. The van der Waals surface area contributed by atoms with Gasteiger partial charge in [-0.15, -0.1) is 11.3 Å². The molecular weight excluding hydrogens is 332 g/mol. The summed E-state index contributed by atoms with van der Waals surface area (Å²) >= 11 is 1.15. The summed E-state index contributed by atoms with van der Waals surface area (Å²) in [6.07, 6.45) is 3.72. The highest BCUT2D eigenvalue weighted by atomic mass is 32.1. The van der Waals surface area contributed by atoms with Crippen LogP contribution in [-0.4, -0.2) is 41.5 Å². The lowest BCUT2D eigenvalue weighted by Gasteiger charge is -2.44. The molecule has 3 fully saturated rings. The second kappa shape index (κ2) is 6.22. The lowest BCUT2D eigenvalue weighted by atomic mass is 9.84. The van der Waals surface area contributed by atoms with Crippen LogP contribution in [0.1, 0.15) is 22.5 Å². The highest BCUT2D eigenvalue weighted by molar-refractivity contribution is 7.16. The number of hydrogen-bond donors (Lipinski definition) is 1. The molecule has 1 aromatic carbocycles. The zero-order valence-electron chi connectivity index (χ0n) is 13.0. The van der Waals surface area contributed by atoms with Gasteiger partial charge in [0.25, 0.3) is 5.91 Å². The number of carbonyl (C=O) groups excluding carboxylic acids is 1. The zero-order chi connectivity index (χ0) is 16.7. The molecule has 126 valence electrons. The van der Waals surface area contributed by atoms with Crippen LogP contribution in [0.5, 0.6) is 0 Å². The number of nitrogens with zero attached hydrogens (tertiary/aromatic N) is 2. The average Bonchev–Trinajstić information content (AvgIpc) is 3.05. The first-order valence-corrected chi connectivity index (χ1v) is 8.85. The summed E-state index contributed by atoms with van der Waals surface area (Å²) < 4.78 is 26.7. The van der Waals surface area contributed by atoms with Crippen LogP contribution in [0.4, 0.5) is 8.78 Å². The van der Waals surface area contributed by atoms with E-state index in [9.17, 15) is 13.6 Å². The standard InChI is InChI=1S/C17H17F2N3OS/c18-12-5-11(6-13(19)7-12)17-20-8-15(24-17)16(23)21-14-9-22-3-1-10(14)2-4-22/h5-8,10,14H,1-4,9H2,(H,21,23). The third-order valence-electron chi connectivity index (χ3n) is 4.81. The number of hydrogen-bond acceptors (Lipinski definition) is 4. The Morgan fingerprint density at radius 2 is 1.92 bits per heavy atom. The molecular formula is C17H17F2N3OS. The van der Waals surface area contributed by atoms with Gasteiger partial charge in [0.15, 0.2) is 0 Å². The van der Waals surface area contributed by atoms with E-state index >= 15 is 0 Å². The first kappa shape index (κ1) is 15.7. The summed E-state index contributed by atoms with van der Waals surface area (Å²) in [4.78, 5) is 19.4. The molecule has 1 N–H and O–H groups in total. The van der Waals surface area contributed by atoms with Crippen molar-refractivity contribution in [2.45, 2.75) is 18.9 Å². The lowest BCUT2D eigenvalue weighted by Crippen LogP contribution is -2.57. The Kier molecular flexibility index (Phi) is 4.05. The van der Waals surface area contributed by atoms with Gasteiger partial charge < -0.3 is 10.2 Å². The Morgan fingerprint density at radius 3 is 2.54 bits per heavy atom. The predicted octanol–water partition coefficient (Wildman–Crippen LogP) is 2.91. The molecule has 1 amide bonds. The van der Waals surface area contributed by atoms with E-state index in [-0.39, 0.29) is 11.9 Å². The monoisotopic (exact) mass is 349 g/mol. The van der Waals surface area contributed by atoms with Gasteiger partial charge in [0.1, 0.15) is 21.5 Å². The van der Waals surface area contributed by atoms with Crippen LogP contribution >= 0.6 is 11.3 Å². The van der Waals surface area contributed by atoms with Crippen LogP contribution < -0.4 is 5.32 Å². The summed E-state index contributed by atoms with van der Waals surface area (Å²) in [6, 6.07) is 3.43. The van der Waals surface area contributed by atoms with E-state index in [2.05, 4.69) is 15.2 Å². The van der Waals surface area contributed by atoms with Gasteiger partial charge in [0.2, 0.25) is 0 Å². The number of aromatic nitrogens is 1. The van der Waals surface area contributed by atoms with Gasteiger partial charge in [-0.1, -0.05) is 0 Å². The van der Waals surface area contributed by atoms with Gasteiger partial charge in [0.05, 0.1) is 6.20 Å². The van der Waals surface area contributed by atoms with Crippen molar-refractivity contribution in [1.29, 1.82) is 0 Å². The minimum atomic E-state index is -0.654. The normalized spacial score (nSPS) is 25.7. The smallest absolute Gasteiger partial charge is 0.263 e.